The summed E-state index contributed by atoms with van der Waals surface area (Å²) in [7, 11) is -3.30. The molecule has 0 amide bonds. The molecule has 4 heterocycles. The van der Waals surface area contributed by atoms with E-state index in [4.69, 9.17) is 0 Å². The molecule has 2 aliphatic rings. The minimum absolute atomic E-state index is 0.155. The van der Waals surface area contributed by atoms with Gasteiger partial charge < -0.3 is 4.98 Å². The van der Waals surface area contributed by atoms with Crippen LogP contribution in [0.5, 0.6) is 0 Å². The average molecular weight is 419 g/mol. The number of hydrogen-bond acceptors (Lipinski definition) is 5. The highest BCUT2D eigenvalue weighted by Gasteiger charge is 2.43. The van der Waals surface area contributed by atoms with Crippen molar-refractivity contribution in [1.29, 1.82) is 0 Å². The molecule has 0 radical (unpaired) electrons. The third-order valence-electron chi connectivity index (χ3n) is 6.29. The van der Waals surface area contributed by atoms with Gasteiger partial charge in [-0.1, -0.05) is 20.8 Å². The fraction of sp³-hybridized carbons (Fsp3) is 0.619. The van der Waals surface area contributed by atoms with Crippen molar-refractivity contribution in [2.45, 2.75) is 44.8 Å². The molecule has 8 heteroatoms. The highest BCUT2D eigenvalue weighted by Crippen LogP contribution is 2.34. The zero-order valence-electron chi connectivity index (χ0n) is 17.4. The molecule has 1 N–H and O–H groups in total. The zero-order valence-corrected chi connectivity index (χ0v) is 18.2. The topological polar surface area (TPSA) is 86.4 Å². The van der Waals surface area contributed by atoms with Crippen molar-refractivity contribution >= 4 is 26.8 Å². The van der Waals surface area contributed by atoms with Crippen LogP contribution in [0.4, 0.5) is 0 Å². The SMILES string of the molecule is CC(C)(C)C(=O)CN1CC(S(=O)(=O)N2CCC(c3c[nH]c4ncccc34)CC2)C1. The van der Waals surface area contributed by atoms with Crippen LogP contribution in [0.25, 0.3) is 11.0 Å². The van der Waals surface area contributed by atoms with E-state index in [0.717, 1.165) is 23.9 Å². The summed E-state index contributed by atoms with van der Waals surface area (Å²) in [6, 6.07) is 4.01. The predicted octanol–water partition coefficient (Wildman–Crippen LogP) is 2.37. The van der Waals surface area contributed by atoms with E-state index in [1.165, 1.54) is 5.56 Å². The van der Waals surface area contributed by atoms with Crippen molar-refractivity contribution in [3.05, 3.63) is 30.1 Å². The number of sulfonamides is 1. The van der Waals surface area contributed by atoms with Gasteiger partial charge in [0.15, 0.2) is 5.78 Å². The standard InChI is InChI=1S/C21H30N4O3S/c1-21(2,3)19(26)14-24-12-16(13-24)29(27,28)25-9-6-15(7-10-25)18-11-23-20-17(18)5-4-8-22-20/h4-5,8,11,15-16H,6-7,9-10,12-14H2,1-3H3,(H,22,23). The Bertz CT molecular complexity index is 994. The molecule has 2 aromatic heterocycles. The van der Waals surface area contributed by atoms with Crippen molar-refractivity contribution in [3.63, 3.8) is 0 Å². The number of aromatic amines is 1. The van der Waals surface area contributed by atoms with Crippen LogP contribution < -0.4 is 0 Å². The number of ketones is 1. The Morgan fingerprint density at radius 1 is 1.24 bits per heavy atom. The number of piperidine rings is 1. The molecule has 0 saturated carbocycles. The second-order valence-electron chi connectivity index (χ2n) is 9.35. The number of nitrogens with one attached hydrogen (secondary N) is 1. The number of pyridine rings is 1. The number of hydrogen-bond donors (Lipinski definition) is 1. The molecular formula is C21H30N4O3S. The summed E-state index contributed by atoms with van der Waals surface area (Å²) in [5.74, 6) is 0.504. The van der Waals surface area contributed by atoms with E-state index in [1.54, 1.807) is 10.5 Å². The van der Waals surface area contributed by atoms with Gasteiger partial charge in [0.1, 0.15) is 10.9 Å². The minimum atomic E-state index is -3.30. The Morgan fingerprint density at radius 3 is 2.59 bits per heavy atom. The first-order valence-electron chi connectivity index (χ1n) is 10.3. The number of H-pyrrole nitrogens is 1. The normalized spacial score (nSPS) is 20.8. The molecule has 0 aromatic carbocycles. The van der Waals surface area contributed by atoms with Gasteiger partial charge in [-0.15, -0.1) is 0 Å². The molecule has 2 aromatic rings. The maximum atomic E-state index is 13.0. The van der Waals surface area contributed by atoms with Gasteiger partial charge in [0.2, 0.25) is 10.0 Å². The fourth-order valence-electron chi connectivity index (χ4n) is 4.23. The van der Waals surface area contributed by atoms with Crippen LogP contribution in [-0.2, 0) is 14.8 Å². The summed E-state index contributed by atoms with van der Waals surface area (Å²) in [5, 5.41) is 0.746. The van der Waals surface area contributed by atoms with Crippen LogP contribution in [0.2, 0.25) is 0 Å². The second-order valence-corrected chi connectivity index (χ2v) is 11.6. The lowest BCUT2D eigenvalue weighted by atomic mass is 9.90. The van der Waals surface area contributed by atoms with Crippen molar-refractivity contribution in [2.75, 3.05) is 32.7 Å². The maximum absolute atomic E-state index is 13.0. The quantitative estimate of drug-likeness (QED) is 0.806. The van der Waals surface area contributed by atoms with Gasteiger partial charge in [-0.05, 0) is 36.5 Å². The Balaban J connectivity index is 1.33. The zero-order chi connectivity index (χ0) is 20.8. The van der Waals surface area contributed by atoms with Crippen molar-refractivity contribution in [1.82, 2.24) is 19.2 Å². The first-order valence-corrected chi connectivity index (χ1v) is 11.8. The maximum Gasteiger partial charge on any atom is 0.219 e. The molecule has 0 atom stereocenters. The molecule has 29 heavy (non-hydrogen) atoms. The van der Waals surface area contributed by atoms with Crippen molar-refractivity contribution in [3.8, 4) is 0 Å². The van der Waals surface area contributed by atoms with Gasteiger partial charge >= 0.3 is 0 Å². The predicted molar refractivity (Wildman–Crippen MR) is 113 cm³/mol. The first-order chi connectivity index (χ1) is 13.7. The van der Waals surface area contributed by atoms with Gasteiger partial charge in [0.25, 0.3) is 0 Å². The lowest BCUT2D eigenvalue weighted by Crippen LogP contribution is -2.60. The fourth-order valence-corrected chi connectivity index (χ4v) is 6.17. The monoisotopic (exact) mass is 418 g/mol. The molecule has 2 aliphatic heterocycles. The molecular weight excluding hydrogens is 388 g/mol. The molecule has 158 valence electrons. The molecule has 0 bridgehead atoms. The Labute approximate surface area is 172 Å². The molecule has 4 rings (SSSR count). The van der Waals surface area contributed by atoms with Crippen LogP contribution in [-0.4, -0.2) is 71.3 Å². The summed E-state index contributed by atoms with van der Waals surface area (Å²) in [6.45, 7) is 8.06. The van der Waals surface area contributed by atoms with Crippen LogP contribution in [0.1, 0.15) is 45.1 Å². The third kappa shape index (κ3) is 3.98. The van der Waals surface area contributed by atoms with Gasteiger partial charge in [-0.25, -0.2) is 17.7 Å². The number of fused-ring (bicyclic) bond motifs is 1. The summed E-state index contributed by atoms with van der Waals surface area (Å²) >= 11 is 0. The number of aromatic nitrogens is 2. The summed E-state index contributed by atoms with van der Waals surface area (Å²) in [5.41, 5.74) is 1.74. The average Bonchev–Trinajstić information content (AvgIpc) is 3.07. The van der Waals surface area contributed by atoms with E-state index in [2.05, 4.69) is 16.0 Å². The van der Waals surface area contributed by atoms with Gasteiger partial charge in [-0.2, -0.15) is 0 Å². The molecule has 0 unspecified atom stereocenters. The first kappa shape index (κ1) is 20.5. The van der Waals surface area contributed by atoms with Gasteiger partial charge in [-0.3, -0.25) is 9.69 Å². The van der Waals surface area contributed by atoms with E-state index in [-0.39, 0.29) is 16.4 Å². The number of rotatable bonds is 5. The number of Topliss-reactive ketones (excluding diaryl/α,β-unsaturated/α-hetero) is 1. The molecule has 2 saturated heterocycles. The largest absolute Gasteiger partial charge is 0.346 e. The molecule has 2 fully saturated rings. The van der Waals surface area contributed by atoms with Gasteiger partial charge in [0.05, 0.1) is 6.54 Å². The van der Waals surface area contributed by atoms with Crippen LogP contribution in [0.15, 0.2) is 24.5 Å². The van der Waals surface area contributed by atoms with Crippen molar-refractivity contribution in [2.24, 2.45) is 5.41 Å². The summed E-state index contributed by atoms with van der Waals surface area (Å²) in [4.78, 5) is 21.7. The lowest BCUT2D eigenvalue weighted by molar-refractivity contribution is -0.128. The van der Waals surface area contributed by atoms with Crippen LogP contribution >= 0.6 is 0 Å². The number of carbonyl (C=O) groups excluding carboxylic acids is 1. The summed E-state index contributed by atoms with van der Waals surface area (Å²) < 4.78 is 27.7. The Kier molecular flexibility index (Phi) is 5.29. The lowest BCUT2D eigenvalue weighted by Gasteiger charge is -2.42. The molecule has 0 aliphatic carbocycles. The molecule has 0 spiro atoms. The highest BCUT2D eigenvalue weighted by atomic mass is 32.2. The van der Waals surface area contributed by atoms with E-state index in [9.17, 15) is 13.2 Å². The van der Waals surface area contributed by atoms with E-state index >= 15 is 0 Å². The number of likely N-dealkylation sites (tertiary alicyclic amines) is 1. The number of nitrogens with zero attached hydrogens (tertiary/aromatic N) is 3. The van der Waals surface area contributed by atoms with Crippen LogP contribution in [0.3, 0.4) is 0 Å². The Hall–Kier alpha value is -1.77. The molecule has 7 nitrogen and oxygen atoms in total. The number of carbonyl (C=O) groups is 1. The third-order valence-corrected chi connectivity index (χ3v) is 8.51. The smallest absolute Gasteiger partial charge is 0.219 e. The van der Waals surface area contributed by atoms with Crippen molar-refractivity contribution < 1.29 is 13.2 Å². The second kappa shape index (κ2) is 7.49. The van der Waals surface area contributed by atoms with E-state index < -0.39 is 10.0 Å². The van der Waals surface area contributed by atoms with Crippen LogP contribution in [0, 0.1) is 5.41 Å². The highest BCUT2D eigenvalue weighted by molar-refractivity contribution is 7.89. The van der Waals surface area contributed by atoms with E-state index in [0.29, 0.717) is 38.6 Å². The van der Waals surface area contributed by atoms with E-state index in [1.807, 2.05) is 37.9 Å². The van der Waals surface area contributed by atoms with Gasteiger partial charge in [0, 0.05) is 49.4 Å². The summed E-state index contributed by atoms with van der Waals surface area (Å²) in [6.07, 6.45) is 5.43. The Morgan fingerprint density at radius 2 is 1.93 bits per heavy atom. The minimum Gasteiger partial charge on any atom is -0.346 e.